The van der Waals surface area contributed by atoms with Gasteiger partial charge in [0.25, 0.3) is 0 Å². The Morgan fingerprint density at radius 1 is 1.33 bits per heavy atom. The number of nitriles is 1. The van der Waals surface area contributed by atoms with Gasteiger partial charge in [-0.2, -0.15) is 5.26 Å². The van der Waals surface area contributed by atoms with Crippen LogP contribution in [0.4, 0.5) is 8.78 Å². The van der Waals surface area contributed by atoms with Crippen LogP contribution < -0.4 is 0 Å². The first-order valence-corrected chi connectivity index (χ1v) is 5.96. The number of rotatable bonds is 5. The summed E-state index contributed by atoms with van der Waals surface area (Å²) >= 11 is 0. The van der Waals surface area contributed by atoms with Crippen LogP contribution in [0.5, 0.6) is 0 Å². The molecule has 0 aliphatic carbocycles. The van der Waals surface area contributed by atoms with Gasteiger partial charge < -0.3 is 4.90 Å². The molecule has 1 aromatic rings. The van der Waals surface area contributed by atoms with E-state index in [1.165, 1.54) is 6.07 Å². The van der Waals surface area contributed by atoms with Crippen molar-refractivity contribution in [1.29, 1.82) is 5.26 Å². The van der Waals surface area contributed by atoms with E-state index in [-0.39, 0.29) is 11.8 Å². The zero-order valence-electron chi connectivity index (χ0n) is 11.0. The molecule has 0 amide bonds. The van der Waals surface area contributed by atoms with Crippen LogP contribution in [0.15, 0.2) is 18.2 Å². The van der Waals surface area contributed by atoms with Crippen molar-refractivity contribution < 1.29 is 8.78 Å². The molecule has 0 heterocycles. The average molecular weight is 252 g/mol. The highest BCUT2D eigenvalue weighted by atomic mass is 19.1. The Hall–Kier alpha value is -1.47. The Balaban J connectivity index is 2.67. The SMILES string of the molecule is CC(C)C(C#N)CN(C)Cc1cc(F)ccc1F. The van der Waals surface area contributed by atoms with Gasteiger partial charge in [-0.3, -0.25) is 0 Å². The van der Waals surface area contributed by atoms with Crippen molar-refractivity contribution in [3.63, 3.8) is 0 Å². The number of hydrogen-bond donors (Lipinski definition) is 0. The standard InChI is InChI=1S/C14H18F2N2/c1-10(2)12(7-17)9-18(3)8-11-6-13(15)4-5-14(11)16/h4-6,10,12H,8-9H2,1-3H3. The average Bonchev–Trinajstić information content (AvgIpc) is 2.30. The molecule has 1 rings (SSSR count). The van der Waals surface area contributed by atoms with Crippen molar-refractivity contribution >= 4 is 0 Å². The molecule has 0 fully saturated rings. The Bertz CT molecular complexity index is 438. The van der Waals surface area contributed by atoms with E-state index in [2.05, 4.69) is 6.07 Å². The van der Waals surface area contributed by atoms with Crippen LogP contribution in [0.2, 0.25) is 0 Å². The molecule has 0 bridgehead atoms. The lowest BCUT2D eigenvalue weighted by Gasteiger charge is -2.22. The molecule has 0 radical (unpaired) electrons. The Kier molecular flexibility index (Phi) is 5.24. The van der Waals surface area contributed by atoms with E-state index in [1.807, 2.05) is 18.7 Å². The minimum absolute atomic E-state index is 0.105. The second-order valence-electron chi connectivity index (χ2n) is 4.91. The summed E-state index contributed by atoms with van der Waals surface area (Å²) in [5.74, 6) is -0.719. The molecule has 2 nitrogen and oxygen atoms in total. The first kappa shape index (κ1) is 14.6. The number of hydrogen-bond acceptors (Lipinski definition) is 2. The summed E-state index contributed by atoms with van der Waals surface area (Å²) in [6.45, 7) is 4.80. The summed E-state index contributed by atoms with van der Waals surface area (Å²) in [4.78, 5) is 1.84. The zero-order valence-corrected chi connectivity index (χ0v) is 11.0. The second-order valence-corrected chi connectivity index (χ2v) is 4.91. The van der Waals surface area contributed by atoms with Crippen LogP contribution in [0.25, 0.3) is 0 Å². The molecular weight excluding hydrogens is 234 g/mol. The lowest BCUT2D eigenvalue weighted by Crippen LogP contribution is -2.27. The summed E-state index contributed by atoms with van der Waals surface area (Å²) in [5.41, 5.74) is 0.318. The first-order chi connectivity index (χ1) is 8.43. The van der Waals surface area contributed by atoms with E-state index in [9.17, 15) is 8.78 Å². The summed E-state index contributed by atoms with van der Waals surface area (Å²) < 4.78 is 26.5. The van der Waals surface area contributed by atoms with E-state index in [0.717, 1.165) is 12.1 Å². The zero-order chi connectivity index (χ0) is 13.7. The van der Waals surface area contributed by atoms with Crippen LogP contribution in [0.3, 0.4) is 0 Å². The molecule has 98 valence electrons. The Morgan fingerprint density at radius 2 is 2.00 bits per heavy atom. The molecule has 1 aromatic carbocycles. The van der Waals surface area contributed by atoms with Gasteiger partial charge in [-0.05, 0) is 31.2 Å². The third-order valence-corrected chi connectivity index (χ3v) is 2.93. The van der Waals surface area contributed by atoms with Crippen LogP contribution in [-0.2, 0) is 6.54 Å². The third kappa shape index (κ3) is 4.08. The highest BCUT2D eigenvalue weighted by Gasteiger charge is 2.16. The lowest BCUT2D eigenvalue weighted by atomic mass is 9.97. The summed E-state index contributed by atoms with van der Waals surface area (Å²) in [6.07, 6.45) is 0. The van der Waals surface area contributed by atoms with E-state index < -0.39 is 11.6 Å². The van der Waals surface area contributed by atoms with Gasteiger partial charge in [-0.25, -0.2) is 8.78 Å². The normalized spacial score (nSPS) is 12.8. The summed E-state index contributed by atoms with van der Waals surface area (Å²) in [6, 6.07) is 5.66. The fourth-order valence-electron chi connectivity index (χ4n) is 1.76. The van der Waals surface area contributed by atoms with Gasteiger partial charge >= 0.3 is 0 Å². The van der Waals surface area contributed by atoms with Gasteiger partial charge in [0, 0.05) is 18.7 Å². The maximum Gasteiger partial charge on any atom is 0.127 e. The highest BCUT2D eigenvalue weighted by molar-refractivity contribution is 5.18. The van der Waals surface area contributed by atoms with Crippen molar-refractivity contribution in [1.82, 2.24) is 4.90 Å². The van der Waals surface area contributed by atoms with Crippen molar-refractivity contribution in [2.45, 2.75) is 20.4 Å². The molecule has 0 aliphatic rings. The predicted octanol–water partition coefficient (Wildman–Crippen LogP) is 3.19. The number of benzene rings is 1. The van der Waals surface area contributed by atoms with Crippen LogP contribution in [0, 0.1) is 34.8 Å². The summed E-state index contributed by atoms with van der Waals surface area (Å²) in [5, 5.41) is 9.00. The molecule has 0 saturated heterocycles. The maximum atomic E-state index is 13.4. The maximum absolute atomic E-state index is 13.4. The molecule has 0 N–H and O–H groups in total. The fourth-order valence-corrected chi connectivity index (χ4v) is 1.76. The number of halogens is 2. The number of nitrogens with zero attached hydrogens (tertiary/aromatic N) is 2. The monoisotopic (exact) mass is 252 g/mol. The Morgan fingerprint density at radius 3 is 2.56 bits per heavy atom. The van der Waals surface area contributed by atoms with E-state index in [0.29, 0.717) is 18.7 Å². The largest absolute Gasteiger partial charge is 0.301 e. The van der Waals surface area contributed by atoms with Crippen molar-refractivity contribution in [2.75, 3.05) is 13.6 Å². The van der Waals surface area contributed by atoms with Gasteiger partial charge in [0.1, 0.15) is 11.6 Å². The van der Waals surface area contributed by atoms with Gasteiger partial charge in [0.2, 0.25) is 0 Å². The quantitative estimate of drug-likeness (QED) is 0.804. The van der Waals surface area contributed by atoms with Crippen molar-refractivity contribution in [3.05, 3.63) is 35.4 Å². The van der Waals surface area contributed by atoms with Crippen molar-refractivity contribution in [3.8, 4) is 6.07 Å². The summed E-state index contributed by atoms with van der Waals surface area (Å²) in [7, 11) is 1.80. The predicted molar refractivity (Wildman–Crippen MR) is 66.6 cm³/mol. The molecular formula is C14H18F2N2. The molecule has 0 aromatic heterocycles. The topological polar surface area (TPSA) is 27.0 Å². The first-order valence-electron chi connectivity index (χ1n) is 5.96. The van der Waals surface area contributed by atoms with Crippen LogP contribution in [0.1, 0.15) is 19.4 Å². The van der Waals surface area contributed by atoms with E-state index in [1.54, 1.807) is 7.05 Å². The lowest BCUT2D eigenvalue weighted by molar-refractivity contribution is 0.262. The van der Waals surface area contributed by atoms with Gasteiger partial charge in [0.05, 0.1) is 12.0 Å². The molecule has 4 heteroatoms. The van der Waals surface area contributed by atoms with E-state index >= 15 is 0 Å². The van der Waals surface area contributed by atoms with Crippen LogP contribution >= 0.6 is 0 Å². The minimum Gasteiger partial charge on any atom is -0.301 e. The smallest absolute Gasteiger partial charge is 0.127 e. The van der Waals surface area contributed by atoms with Gasteiger partial charge in [-0.15, -0.1) is 0 Å². The van der Waals surface area contributed by atoms with Crippen LogP contribution in [-0.4, -0.2) is 18.5 Å². The minimum atomic E-state index is -0.444. The second kappa shape index (κ2) is 6.46. The fraction of sp³-hybridized carbons (Fsp3) is 0.500. The van der Waals surface area contributed by atoms with Crippen molar-refractivity contribution in [2.24, 2.45) is 11.8 Å². The molecule has 1 atom stereocenters. The van der Waals surface area contributed by atoms with E-state index in [4.69, 9.17) is 5.26 Å². The molecule has 18 heavy (non-hydrogen) atoms. The molecule has 0 spiro atoms. The molecule has 1 unspecified atom stereocenters. The van der Waals surface area contributed by atoms with Gasteiger partial charge in [-0.1, -0.05) is 13.8 Å². The Labute approximate surface area is 107 Å². The highest BCUT2D eigenvalue weighted by Crippen LogP contribution is 2.15. The molecule has 0 aliphatic heterocycles. The third-order valence-electron chi connectivity index (χ3n) is 2.93. The van der Waals surface area contributed by atoms with Gasteiger partial charge in [0.15, 0.2) is 0 Å². The molecule has 0 saturated carbocycles.